The van der Waals surface area contributed by atoms with Crippen molar-refractivity contribution in [2.45, 2.75) is 84.7 Å². The highest BCUT2D eigenvalue weighted by molar-refractivity contribution is 5.90. The van der Waals surface area contributed by atoms with Gasteiger partial charge in [-0.25, -0.2) is 9.18 Å². The third-order valence-corrected chi connectivity index (χ3v) is 6.55. The number of hydrogen-bond acceptors (Lipinski definition) is 5. The normalized spacial score (nSPS) is 12.0. The Balaban J connectivity index is 1.51. The molecule has 6 heteroatoms. The smallest absolute Gasteiger partial charge is 0.338 e. The molecule has 0 fully saturated rings. The summed E-state index contributed by atoms with van der Waals surface area (Å²) in [7, 11) is 0. The van der Waals surface area contributed by atoms with Gasteiger partial charge in [-0.3, -0.25) is 0 Å². The molecule has 0 saturated heterocycles. The van der Waals surface area contributed by atoms with Crippen molar-refractivity contribution < 1.29 is 18.7 Å². The molecule has 0 radical (unpaired) electrons. The molecule has 0 spiro atoms. The molecule has 0 unspecified atom stereocenters. The SMILES string of the molecule is CCCCCCOc1ccc(N=Nc2ccc(-c3ccc(C(=O)O[C@@H](C)CCCCCC)cc3)cc2)cc1F. The monoisotopic (exact) mass is 532 g/mol. The maximum absolute atomic E-state index is 14.4. The molecule has 3 aromatic carbocycles. The molecule has 1 atom stereocenters. The lowest BCUT2D eigenvalue weighted by Gasteiger charge is -2.13. The number of hydrogen-bond donors (Lipinski definition) is 0. The first-order valence-corrected chi connectivity index (χ1v) is 14.3. The highest BCUT2D eigenvalue weighted by atomic mass is 19.1. The van der Waals surface area contributed by atoms with E-state index in [0.29, 0.717) is 23.5 Å². The maximum Gasteiger partial charge on any atom is 0.338 e. The van der Waals surface area contributed by atoms with Gasteiger partial charge in [-0.05, 0) is 73.7 Å². The zero-order valence-corrected chi connectivity index (χ0v) is 23.5. The predicted octanol–water partition coefficient (Wildman–Crippen LogP) is 10.4. The molecule has 0 bridgehead atoms. The molecule has 0 N–H and O–H groups in total. The molecule has 0 aliphatic rings. The van der Waals surface area contributed by atoms with Gasteiger partial charge in [-0.2, -0.15) is 10.2 Å². The Hall–Kier alpha value is -3.54. The molecule has 0 aliphatic heterocycles. The zero-order valence-electron chi connectivity index (χ0n) is 23.5. The average Bonchev–Trinajstić information content (AvgIpc) is 2.95. The van der Waals surface area contributed by atoms with Crippen LogP contribution in [0.2, 0.25) is 0 Å². The zero-order chi connectivity index (χ0) is 27.9. The number of benzene rings is 3. The quantitative estimate of drug-likeness (QED) is 0.105. The van der Waals surface area contributed by atoms with Gasteiger partial charge in [-0.1, -0.05) is 76.6 Å². The lowest BCUT2D eigenvalue weighted by molar-refractivity contribution is 0.0319. The van der Waals surface area contributed by atoms with Gasteiger partial charge in [0.2, 0.25) is 0 Å². The number of carbonyl (C=O) groups is 1. The third-order valence-electron chi connectivity index (χ3n) is 6.55. The second kappa shape index (κ2) is 16.4. The van der Waals surface area contributed by atoms with Crippen LogP contribution in [0.4, 0.5) is 15.8 Å². The third kappa shape index (κ3) is 10.3. The first kappa shape index (κ1) is 30.0. The Morgan fingerprint density at radius 2 is 1.36 bits per heavy atom. The van der Waals surface area contributed by atoms with Crippen molar-refractivity contribution in [1.29, 1.82) is 0 Å². The Bertz CT molecular complexity index is 1180. The number of ether oxygens (including phenoxy) is 2. The van der Waals surface area contributed by atoms with Crippen molar-refractivity contribution in [2.75, 3.05) is 6.61 Å². The van der Waals surface area contributed by atoms with Crippen LogP contribution in [-0.4, -0.2) is 18.7 Å². The Kier molecular flexibility index (Phi) is 12.6. The minimum Gasteiger partial charge on any atom is -0.491 e. The van der Waals surface area contributed by atoms with Crippen molar-refractivity contribution in [1.82, 2.24) is 0 Å². The van der Waals surface area contributed by atoms with Crippen LogP contribution in [0.5, 0.6) is 5.75 Å². The van der Waals surface area contributed by atoms with Crippen molar-refractivity contribution in [2.24, 2.45) is 10.2 Å². The Labute approximate surface area is 232 Å². The first-order chi connectivity index (χ1) is 19.0. The van der Waals surface area contributed by atoms with E-state index < -0.39 is 5.82 Å². The van der Waals surface area contributed by atoms with E-state index in [1.807, 2.05) is 43.3 Å². The summed E-state index contributed by atoms with van der Waals surface area (Å²) in [5.41, 5.74) is 3.60. The van der Waals surface area contributed by atoms with Crippen LogP contribution in [-0.2, 0) is 4.74 Å². The Morgan fingerprint density at radius 3 is 2.00 bits per heavy atom. The van der Waals surface area contributed by atoms with E-state index in [9.17, 15) is 9.18 Å². The maximum atomic E-state index is 14.4. The van der Waals surface area contributed by atoms with Crippen LogP contribution in [0.3, 0.4) is 0 Å². The summed E-state index contributed by atoms with van der Waals surface area (Å²) >= 11 is 0. The fourth-order valence-electron chi connectivity index (χ4n) is 4.18. The van der Waals surface area contributed by atoms with Crippen LogP contribution < -0.4 is 4.74 Å². The van der Waals surface area contributed by atoms with Crippen LogP contribution >= 0.6 is 0 Å². The molecule has 208 valence electrons. The molecule has 0 heterocycles. The number of unbranched alkanes of at least 4 members (excludes halogenated alkanes) is 6. The van der Waals surface area contributed by atoms with Crippen molar-refractivity contribution in [3.05, 3.63) is 78.1 Å². The van der Waals surface area contributed by atoms with Gasteiger partial charge in [0.15, 0.2) is 11.6 Å². The van der Waals surface area contributed by atoms with Gasteiger partial charge in [0.05, 0.1) is 29.6 Å². The number of halogens is 1. The largest absolute Gasteiger partial charge is 0.491 e. The lowest BCUT2D eigenvalue weighted by Crippen LogP contribution is -2.15. The van der Waals surface area contributed by atoms with Crippen LogP contribution in [0.1, 0.15) is 88.9 Å². The topological polar surface area (TPSA) is 60.2 Å². The van der Waals surface area contributed by atoms with E-state index in [4.69, 9.17) is 9.47 Å². The van der Waals surface area contributed by atoms with Crippen molar-refractivity contribution in [3.8, 4) is 16.9 Å². The summed E-state index contributed by atoms with van der Waals surface area (Å²) in [6.45, 7) is 6.80. The number of esters is 1. The van der Waals surface area contributed by atoms with E-state index in [0.717, 1.165) is 49.7 Å². The molecule has 0 amide bonds. The fourth-order valence-corrected chi connectivity index (χ4v) is 4.18. The Morgan fingerprint density at radius 1 is 0.769 bits per heavy atom. The van der Waals surface area contributed by atoms with E-state index in [2.05, 4.69) is 24.1 Å². The summed E-state index contributed by atoms with van der Waals surface area (Å²) in [5, 5.41) is 8.39. The molecule has 0 saturated carbocycles. The van der Waals surface area contributed by atoms with Crippen molar-refractivity contribution in [3.63, 3.8) is 0 Å². The highest BCUT2D eigenvalue weighted by Gasteiger charge is 2.12. The number of nitrogens with zero attached hydrogens (tertiary/aromatic N) is 2. The standard InChI is InChI=1S/C33H41FN2O3/c1-4-6-8-10-12-25(3)39-33(37)28-15-13-26(14-16-28)27-17-19-29(20-18-27)35-36-30-21-22-32(31(34)24-30)38-23-11-9-7-5-2/h13-22,24-25H,4-12,23H2,1-3H3/t25-/m0/s1. The molecule has 39 heavy (non-hydrogen) atoms. The lowest BCUT2D eigenvalue weighted by atomic mass is 10.0. The molecular weight excluding hydrogens is 491 g/mol. The number of azo groups is 1. The summed E-state index contributed by atoms with van der Waals surface area (Å²) < 4.78 is 25.5. The van der Waals surface area contributed by atoms with Crippen LogP contribution in [0, 0.1) is 5.82 Å². The second-order valence-electron chi connectivity index (χ2n) is 9.91. The molecule has 3 aromatic rings. The molecule has 3 rings (SSSR count). The first-order valence-electron chi connectivity index (χ1n) is 14.3. The summed E-state index contributed by atoms with van der Waals surface area (Å²) in [4.78, 5) is 12.5. The van der Waals surface area contributed by atoms with Gasteiger partial charge < -0.3 is 9.47 Å². The van der Waals surface area contributed by atoms with Crippen molar-refractivity contribution >= 4 is 17.3 Å². The van der Waals surface area contributed by atoms with E-state index >= 15 is 0 Å². The molecular formula is C33H41FN2O3. The van der Waals surface area contributed by atoms with Gasteiger partial charge in [0, 0.05) is 6.07 Å². The molecule has 0 aliphatic carbocycles. The predicted molar refractivity (Wildman–Crippen MR) is 156 cm³/mol. The van der Waals surface area contributed by atoms with E-state index in [1.54, 1.807) is 24.3 Å². The van der Waals surface area contributed by atoms with Gasteiger partial charge in [0.1, 0.15) is 0 Å². The minimum atomic E-state index is -0.439. The number of carbonyl (C=O) groups excluding carboxylic acids is 1. The van der Waals surface area contributed by atoms with Crippen LogP contribution in [0.25, 0.3) is 11.1 Å². The van der Waals surface area contributed by atoms with E-state index in [1.165, 1.54) is 25.3 Å². The minimum absolute atomic E-state index is 0.0844. The average molecular weight is 533 g/mol. The highest BCUT2D eigenvalue weighted by Crippen LogP contribution is 2.27. The van der Waals surface area contributed by atoms with Crippen LogP contribution in [0.15, 0.2) is 77.0 Å². The summed E-state index contributed by atoms with van der Waals surface area (Å²) in [6.07, 6.45) is 9.78. The molecule has 5 nitrogen and oxygen atoms in total. The van der Waals surface area contributed by atoms with Gasteiger partial charge >= 0.3 is 5.97 Å². The van der Waals surface area contributed by atoms with E-state index in [-0.39, 0.29) is 17.8 Å². The second-order valence-corrected chi connectivity index (χ2v) is 9.91. The summed E-state index contributed by atoms with van der Waals surface area (Å²) in [6, 6.07) is 19.6. The fraction of sp³-hybridized carbons (Fsp3) is 0.424. The molecule has 0 aromatic heterocycles. The van der Waals surface area contributed by atoms with Gasteiger partial charge in [-0.15, -0.1) is 0 Å². The summed E-state index contributed by atoms with van der Waals surface area (Å²) in [5.74, 6) is -0.486. The van der Waals surface area contributed by atoms with Gasteiger partial charge in [0.25, 0.3) is 0 Å². The number of rotatable bonds is 16.